The van der Waals surface area contributed by atoms with Gasteiger partial charge in [0, 0.05) is 29.9 Å². The molecule has 1 N–H and O–H groups in total. The molecule has 0 aliphatic heterocycles. The highest BCUT2D eigenvalue weighted by Gasteiger charge is 2.15. The summed E-state index contributed by atoms with van der Waals surface area (Å²) in [4.78, 5) is 9.11. The highest BCUT2D eigenvalue weighted by atomic mass is 32.2. The third kappa shape index (κ3) is 4.85. The zero-order valence-corrected chi connectivity index (χ0v) is 20.0. The third-order valence-electron chi connectivity index (χ3n) is 5.70. The van der Waals surface area contributed by atoms with Gasteiger partial charge in [0.15, 0.2) is 0 Å². The van der Waals surface area contributed by atoms with Crippen molar-refractivity contribution in [3.63, 3.8) is 0 Å². The van der Waals surface area contributed by atoms with Crippen LogP contribution >= 0.6 is 0 Å². The van der Waals surface area contributed by atoms with Crippen molar-refractivity contribution in [1.29, 1.82) is 0 Å². The van der Waals surface area contributed by atoms with Crippen LogP contribution in [0.1, 0.15) is 16.8 Å². The van der Waals surface area contributed by atoms with E-state index >= 15 is 0 Å². The molecule has 0 atom stereocenters. The lowest BCUT2D eigenvalue weighted by Crippen LogP contribution is -2.13. The Hall–Kier alpha value is -4.23. The van der Waals surface area contributed by atoms with Crippen LogP contribution in [0.5, 0.6) is 0 Å². The Morgan fingerprint density at radius 2 is 1.60 bits per heavy atom. The molecule has 0 radical (unpaired) electrons. The van der Waals surface area contributed by atoms with Crippen molar-refractivity contribution in [3.8, 4) is 5.95 Å². The standard InChI is InChI=1S/C28H24N4O2S/c1-21-14-16-25(17-15-21)35(33,34)31-26-12-4-2-8-22(26)10-6-11-24-20-23-9-3-5-13-27(23)32(24)28-29-18-7-19-30-28/h2-10,12-20,31H,11H2,1H3/b10-6+. The molecule has 2 heterocycles. The van der Waals surface area contributed by atoms with Gasteiger partial charge < -0.3 is 0 Å². The van der Waals surface area contributed by atoms with Crippen molar-refractivity contribution >= 4 is 32.7 Å². The number of para-hydroxylation sites is 2. The fourth-order valence-corrected chi connectivity index (χ4v) is 5.06. The highest BCUT2D eigenvalue weighted by Crippen LogP contribution is 2.25. The summed E-state index contributed by atoms with van der Waals surface area (Å²) in [5.41, 5.74) is 4.38. The molecule has 0 saturated carbocycles. The first-order chi connectivity index (χ1) is 17.0. The number of hydrogen-bond acceptors (Lipinski definition) is 4. The van der Waals surface area contributed by atoms with Gasteiger partial charge in [0.2, 0.25) is 5.95 Å². The number of sulfonamides is 1. The number of fused-ring (bicyclic) bond motifs is 1. The summed E-state index contributed by atoms with van der Waals surface area (Å²) in [6.45, 7) is 1.92. The van der Waals surface area contributed by atoms with Gasteiger partial charge in [-0.3, -0.25) is 9.29 Å². The van der Waals surface area contributed by atoms with Gasteiger partial charge in [0.05, 0.1) is 16.1 Å². The molecule has 7 heteroatoms. The average molecular weight is 481 g/mol. The van der Waals surface area contributed by atoms with Crippen molar-refractivity contribution in [2.24, 2.45) is 0 Å². The Bertz CT molecular complexity index is 1610. The normalized spacial score (nSPS) is 11.8. The largest absolute Gasteiger partial charge is 0.282 e. The van der Waals surface area contributed by atoms with E-state index in [4.69, 9.17) is 0 Å². The smallest absolute Gasteiger partial charge is 0.261 e. The minimum atomic E-state index is -3.69. The number of aryl methyl sites for hydroxylation is 1. The Morgan fingerprint density at radius 1 is 0.886 bits per heavy atom. The number of nitrogens with zero attached hydrogens (tertiary/aromatic N) is 3. The molecule has 0 saturated heterocycles. The predicted molar refractivity (Wildman–Crippen MR) is 140 cm³/mol. The molecule has 2 aromatic heterocycles. The van der Waals surface area contributed by atoms with E-state index in [1.165, 1.54) is 0 Å². The Kier molecular flexibility index (Phi) is 6.16. The third-order valence-corrected chi connectivity index (χ3v) is 7.08. The summed E-state index contributed by atoms with van der Waals surface area (Å²) in [6, 6.07) is 26.2. The van der Waals surface area contributed by atoms with E-state index in [2.05, 4.69) is 26.8 Å². The fraction of sp³-hybridized carbons (Fsp3) is 0.0714. The maximum atomic E-state index is 12.9. The summed E-state index contributed by atoms with van der Waals surface area (Å²) in [5, 5.41) is 1.11. The average Bonchev–Trinajstić information content (AvgIpc) is 3.24. The molecule has 6 nitrogen and oxygen atoms in total. The number of nitrogens with one attached hydrogen (secondary N) is 1. The molecule has 0 spiro atoms. The summed E-state index contributed by atoms with van der Waals surface area (Å²) in [7, 11) is -3.69. The van der Waals surface area contributed by atoms with Crippen LogP contribution in [-0.2, 0) is 16.4 Å². The number of allylic oxidation sites excluding steroid dienone is 1. The summed E-state index contributed by atoms with van der Waals surface area (Å²) in [5.74, 6) is 0.614. The van der Waals surface area contributed by atoms with Crippen LogP contribution in [0.25, 0.3) is 22.9 Å². The first-order valence-corrected chi connectivity index (χ1v) is 12.7. The monoisotopic (exact) mass is 480 g/mol. The number of hydrogen-bond donors (Lipinski definition) is 1. The first kappa shape index (κ1) is 22.6. The molecule has 0 aliphatic carbocycles. The van der Waals surface area contributed by atoms with Crippen molar-refractivity contribution in [1.82, 2.24) is 14.5 Å². The van der Waals surface area contributed by atoms with Gasteiger partial charge in [-0.05, 0) is 48.9 Å². The lowest BCUT2D eigenvalue weighted by atomic mass is 10.1. The lowest BCUT2D eigenvalue weighted by Gasteiger charge is -2.11. The van der Waals surface area contributed by atoms with Gasteiger partial charge >= 0.3 is 0 Å². The summed E-state index contributed by atoms with van der Waals surface area (Å²) in [6.07, 6.45) is 8.03. The van der Waals surface area contributed by atoms with E-state index in [9.17, 15) is 8.42 Å². The molecule has 0 fully saturated rings. The molecule has 5 aromatic rings. The van der Waals surface area contributed by atoms with Crippen LogP contribution in [0.2, 0.25) is 0 Å². The molecule has 35 heavy (non-hydrogen) atoms. The second-order valence-corrected chi connectivity index (χ2v) is 9.87. The molecular formula is C28H24N4O2S. The van der Waals surface area contributed by atoms with E-state index in [0.29, 0.717) is 18.1 Å². The van der Waals surface area contributed by atoms with Crippen LogP contribution < -0.4 is 4.72 Å². The Balaban J connectivity index is 1.43. The van der Waals surface area contributed by atoms with E-state index in [1.54, 1.807) is 48.8 Å². The SMILES string of the molecule is Cc1ccc(S(=O)(=O)Nc2ccccc2/C=C/Cc2cc3ccccc3n2-c2ncccn2)cc1. The second-order valence-electron chi connectivity index (χ2n) is 8.19. The lowest BCUT2D eigenvalue weighted by molar-refractivity contribution is 0.601. The molecule has 0 bridgehead atoms. The Labute approximate surface area is 204 Å². The van der Waals surface area contributed by atoms with Gasteiger partial charge in [-0.15, -0.1) is 0 Å². The molecule has 5 rings (SSSR count). The molecule has 0 unspecified atom stereocenters. The minimum absolute atomic E-state index is 0.231. The van der Waals surface area contributed by atoms with Gasteiger partial charge in [-0.1, -0.05) is 66.2 Å². The quantitative estimate of drug-likeness (QED) is 0.320. The van der Waals surface area contributed by atoms with E-state index in [-0.39, 0.29) is 4.90 Å². The zero-order valence-electron chi connectivity index (χ0n) is 19.2. The van der Waals surface area contributed by atoms with Crippen LogP contribution in [0.3, 0.4) is 0 Å². The van der Waals surface area contributed by atoms with Crippen molar-refractivity contribution in [2.75, 3.05) is 4.72 Å². The van der Waals surface area contributed by atoms with Gasteiger partial charge in [0.25, 0.3) is 10.0 Å². The molecule has 0 amide bonds. The van der Waals surface area contributed by atoms with Crippen molar-refractivity contribution < 1.29 is 8.42 Å². The maximum Gasteiger partial charge on any atom is 0.261 e. The van der Waals surface area contributed by atoms with Crippen LogP contribution in [0, 0.1) is 6.92 Å². The van der Waals surface area contributed by atoms with Crippen LogP contribution in [0.4, 0.5) is 5.69 Å². The fourth-order valence-electron chi connectivity index (χ4n) is 3.97. The minimum Gasteiger partial charge on any atom is -0.282 e. The van der Waals surface area contributed by atoms with Crippen molar-refractivity contribution in [3.05, 3.63) is 120 Å². The maximum absolute atomic E-state index is 12.9. The van der Waals surface area contributed by atoms with Crippen LogP contribution in [-0.4, -0.2) is 23.0 Å². The number of aromatic nitrogens is 3. The molecule has 174 valence electrons. The molecular weight excluding hydrogens is 456 g/mol. The first-order valence-electron chi connectivity index (χ1n) is 11.2. The number of rotatable bonds is 7. The zero-order chi connectivity index (χ0) is 24.3. The van der Waals surface area contributed by atoms with Crippen LogP contribution in [0.15, 0.2) is 108 Å². The van der Waals surface area contributed by atoms with E-state index in [0.717, 1.165) is 27.7 Å². The molecule has 0 aliphatic rings. The predicted octanol–water partition coefficient (Wildman–Crippen LogP) is 5.79. The summed E-state index contributed by atoms with van der Waals surface area (Å²) < 4.78 is 30.6. The highest BCUT2D eigenvalue weighted by molar-refractivity contribution is 7.92. The Morgan fingerprint density at radius 3 is 2.40 bits per heavy atom. The number of benzene rings is 3. The van der Waals surface area contributed by atoms with Crippen molar-refractivity contribution in [2.45, 2.75) is 18.2 Å². The second kappa shape index (κ2) is 9.56. The summed E-state index contributed by atoms with van der Waals surface area (Å²) >= 11 is 0. The van der Waals surface area contributed by atoms with Gasteiger partial charge in [-0.25, -0.2) is 18.4 Å². The number of anilines is 1. The van der Waals surface area contributed by atoms with Gasteiger partial charge in [0.1, 0.15) is 0 Å². The van der Waals surface area contributed by atoms with E-state index < -0.39 is 10.0 Å². The molecule has 3 aromatic carbocycles. The van der Waals surface area contributed by atoms with Gasteiger partial charge in [-0.2, -0.15) is 0 Å². The van der Waals surface area contributed by atoms with E-state index in [1.807, 2.05) is 60.0 Å². The topological polar surface area (TPSA) is 76.9 Å².